The van der Waals surface area contributed by atoms with E-state index in [1.165, 1.54) is 12.1 Å². The molecule has 8 heteroatoms. The number of benzene rings is 2. The molecule has 0 aliphatic carbocycles. The van der Waals surface area contributed by atoms with Gasteiger partial charge in [-0.1, -0.05) is 29.8 Å². The number of nitrogens with one attached hydrogen (secondary N) is 1. The van der Waals surface area contributed by atoms with E-state index in [-0.39, 0.29) is 23.6 Å². The van der Waals surface area contributed by atoms with Crippen LogP contribution in [-0.4, -0.2) is 54.1 Å². The van der Waals surface area contributed by atoms with Gasteiger partial charge in [0.1, 0.15) is 11.8 Å². The largest absolute Gasteiger partial charge is 0.508 e. The van der Waals surface area contributed by atoms with Gasteiger partial charge in [0.15, 0.2) is 0 Å². The van der Waals surface area contributed by atoms with Crippen molar-refractivity contribution in [1.29, 1.82) is 0 Å². The normalized spacial score (nSPS) is 20.2. The lowest BCUT2D eigenvalue weighted by molar-refractivity contribution is -0.124. The van der Waals surface area contributed by atoms with Crippen LogP contribution in [0.5, 0.6) is 5.75 Å². The third kappa shape index (κ3) is 4.52. The second-order valence-corrected chi connectivity index (χ2v) is 8.89. The molecule has 0 aromatic heterocycles. The van der Waals surface area contributed by atoms with Gasteiger partial charge < -0.3 is 15.5 Å². The summed E-state index contributed by atoms with van der Waals surface area (Å²) in [4.78, 5) is 12.7. The van der Waals surface area contributed by atoms with Gasteiger partial charge in [-0.25, -0.2) is 8.42 Å². The van der Waals surface area contributed by atoms with Crippen molar-refractivity contribution < 1.29 is 23.4 Å². The molecule has 1 saturated heterocycles. The molecule has 1 aliphatic rings. The van der Waals surface area contributed by atoms with E-state index >= 15 is 0 Å². The first-order chi connectivity index (χ1) is 13.3. The Balaban J connectivity index is 1.67. The molecule has 1 aliphatic heterocycles. The zero-order valence-electron chi connectivity index (χ0n) is 15.6. The predicted octanol–water partition coefficient (Wildman–Crippen LogP) is 1.18. The number of sulfonamides is 1. The molecule has 1 amide bonds. The van der Waals surface area contributed by atoms with Crippen LogP contribution < -0.4 is 5.32 Å². The number of amides is 1. The Morgan fingerprint density at radius 3 is 2.43 bits per heavy atom. The number of rotatable bonds is 6. The highest BCUT2D eigenvalue weighted by molar-refractivity contribution is 7.89. The Bertz CT molecular complexity index is 926. The third-order valence-electron chi connectivity index (χ3n) is 4.81. The first kappa shape index (κ1) is 20.3. The molecule has 0 saturated carbocycles. The van der Waals surface area contributed by atoms with E-state index in [0.29, 0.717) is 13.0 Å². The van der Waals surface area contributed by atoms with Gasteiger partial charge >= 0.3 is 0 Å². The Morgan fingerprint density at radius 2 is 1.79 bits per heavy atom. The average Bonchev–Trinajstić information content (AvgIpc) is 3.06. The first-order valence-corrected chi connectivity index (χ1v) is 10.5. The molecular formula is C20H24N2O5S. The van der Waals surface area contributed by atoms with Gasteiger partial charge in [-0.2, -0.15) is 4.31 Å². The lowest BCUT2D eigenvalue weighted by Crippen LogP contribution is -2.46. The second-order valence-electron chi connectivity index (χ2n) is 7.00. The van der Waals surface area contributed by atoms with E-state index in [1.807, 2.05) is 6.92 Å². The lowest BCUT2D eigenvalue weighted by atomic mass is 10.1. The average molecular weight is 404 g/mol. The second kappa shape index (κ2) is 8.30. The first-order valence-electron chi connectivity index (χ1n) is 9.09. The van der Waals surface area contributed by atoms with Gasteiger partial charge in [0.2, 0.25) is 15.9 Å². The van der Waals surface area contributed by atoms with Crippen LogP contribution in [0.4, 0.5) is 0 Å². The van der Waals surface area contributed by atoms with Crippen LogP contribution in [0.2, 0.25) is 0 Å². The lowest BCUT2D eigenvalue weighted by Gasteiger charge is -2.23. The monoisotopic (exact) mass is 404 g/mol. The predicted molar refractivity (Wildman–Crippen MR) is 104 cm³/mol. The highest BCUT2D eigenvalue weighted by atomic mass is 32.2. The fraction of sp³-hybridized carbons (Fsp3) is 0.350. The van der Waals surface area contributed by atoms with E-state index in [0.717, 1.165) is 15.4 Å². The van der Waals surface area contributed by atoms with Crippen LogP contribution in [0.15, 0.2) is 53.4 Å². The number of carbonyl (C=O) groups excluding carboxylic acids is 1. The molecule has 2 aromatic rings. The molecule has 1 heterocycles. The van der Waals surface area contributed by atoms with Crippen molar-refractivity contribution in [2.75, 3.05) is 13.1 Å². The Morgan fingerprint density at radius 1 is 1.14 bits per heavy atom. The van der Waals surface area contributed by atoms with Crippen molar-refractivity contribution >= 4 is 15.9 Å². The van der Waals surface area contributed by atoms with Crippen LogP contribution in [0.3, 0.4) is 0 Å². The number of aliphatic hydroxyl groups is 1. The maximum Gasteiger partial charge on any atom is 0.243 e. The van der Waals surface area contributed by atoms with Gasteiger partial charge in [-0.3, -0.25) is 4.79 Å². The van der Waals surface area contributed by atoms with Gasteiger partial charge in [-0.15, -0.1) is 0 Å². The smallest absolute Gasteiger partial charge is 0.243 e. The summed E-state index contributed by atoms with van der Waals surface area (Å²) in [6.07, 6.45) is -0.268. The summed E-state index contributed by atoms with van der Waals surface area (Å²) in [5, 5.41) is 22.0. The van der Waals surface area contributed by atoms with Crippen LogP contribution in [-0.2, 0) is 21.2 Å². The quantitative estimate of drug-likeness (QED) is 0.670. The Hall–Kier alpha value is -2.42. The summed E-state index contributed by atoms with van der Waals surface area (Å²) in [5.74, 6) is -0.254. The molecule has 1 fully saturated rings. The van der Waals surface area contributed by atoms with E-state index in [4.69, 9.17) is 0 Å². The fourth-order valence-electron chi connectivity index (χ4n) is 3.24. The van der Waals surface area contributed by atoms with E-state index < -0.39 is 28.1 Å². The Kier molecular flexibility index (Phi) is 6.02. The number of nitrogens with zero attached hydrogens (tertiary/aromatic N) is 1. The number of phenols is 1. The van der Waals surface area contributed by atoms with E-state index in [1.54, 1.807) is 36.4 Å². The minimum Gasteiger partial charge on any atom is -0.508 e. The minimum absolute atomic E-state index is 0.0656. The molecule has 3 rings (SSSR count). The molecule has 0 radical (unpaired) electrons. The zero-order valence-corrected chi connectivity index (χ0v) is 16.4. The summed E-state index contributed by atoms with van der Waals surface area (Å²) >= 11 is 0. The number of hydrogen-bond donors (Lipinski definition) is 3. The number of β-amino-alcohol motifs (C(OH)–C–C–N with tert-alkyl or cyclic N) is 1. The van der Waals surface area contributed by atoms with Crippen molar-refractivity contribution in [3.05, 3.63) is 59.7 Å². The molecule has 2 atom stereocenters. The van der Waals surface area contributed by atoms with Gasteiger partial charge in [0.25, 0.3) is 0 Å². The van der Waals surface area contributed by atoms with Crippen LogP contribution in [0, 0.1) is 6.92 Å². The van der Waals surface area contributed by atoms with Crippen LogP contribution >= 0.6 is 0 Å². The van der Waals surface area contributed by atoms with Crippen molar-refractivity contribution in [2.24, 2.45) is 0 Å². The summed E-state index contributed by atoms with van der Waals surface area (Å²) in [5.41, 5.74) is 1.87. The zero-order chi connectivity index (χ0) is 20.3. The number of carbonyl (C=O) groups is 1. The summed E-state index contributed by atoms with van der Waals surface area (Å²) in [6, 6.07) is 12.1. The highest BCUT2D eigenvalue weighted by Gasteiger charge is 2.43. The topological polar surface area (TPSA) is 107 Å². The van der Waals surface area contributed by atoms with Crippen molar-refractivity contribution in [3.8, 4) is 5.75 Å². The van der Waals surface area contributed by atoms with E-state index in [2.05, 4.69) is 5.32 Å². The maximum absolute atomic E-state index is 12.9. The molecule has 3 N–H and O–H groups in total. The molecule has 2 aromatic carbocycles. The molecular weight excluding hydrogens is 380 g/mol. The maximum atomic E-state index is 12.9. The standard InChI is InChI=1S/C20H24N2O5S/c1-14-2-8-18(9-3-14)28(26,27)22-13-17(24)12-19(22)20(25)21-11-10-15-4-6-16(23)7-5-15/h2-9,17,19,23-24H,10-13H2,1H3,(H,21,25)/t17-,19+/m1/s1. The van der Waals surface area contributed by atoms with Gasteiger partial charge in [0.05, 0.1) is 11.0 Å². The van der Waals surface area contributed by atoms with Crippen LogP contribution in [0.1, 0.15) is 17.5 Å². The molecule has 28 heavy (non-hydrogen) atoms. The number of hydrogen-bond acceptors (Lipinski definition) is 5. The van der Waals surface area contributed by atoms with Gasteiger partial charge in [-0.05, 0) is 43.2 Å². The Labute approximate surface area is 164 Å². The summed E-state index contributed by atoms with van der Waals surface area (Å²) in [6.45, 7) is 2.08. The van der Waals surface area contributed by atoms with Crippen LogP contribution in [0.25, 0.3) is 0 Å². The molecule has 0 unspecified atom stereocenters. The van der Waals surface area contributed by atoms with E-state index in [9.17, 15) is 23.4 Å². The molecule has 7 nitrogen and oxygen atoms in total. The number of aromatic hydroxyl groups is 1. The highest BCUT2D eigenvalue weighted by Crippen LogP contribution is 2.26. The van der Waals surface area contributed by atoms with Crippen molar-refractivity contribution in [1.82, 2.24) is 9.62 Å². The third-order valence-corrected chi connectivity index (χ3v) is 6.70. The number of aliphatic hydroxyl groups excluding tert-OH is 1. The van der Waals surface area contributed by atoms with Gasteiger partial charge in [0, 0.05) is 19.5 Å². The fourth-order valence-corrected chi connectivity index (χ4v) is 4.88. The number of phenolic OH excluding ortho intramolecular Hbond substituents is 1. The molecule has 0 spiro atoms. The summed E-state index contributed by atoms with van der Waals surface area (Å²) in [7, 11) is -3.88. The van der Waals surface area contributed by atoms with Crippen molar-refractivity contribution in [2.45, 2.75) is 36.8 Å². The summed E-state index contributed by atoms with van der Waals surface area (Å²) < 4.78 is 27.0. The number of aryl methyl sites for hydroxylation is 1. The SMILES string of the molecule is Cc1ccc(S(=O)(=O)N2C[C@H](O)C[C@H]2C(=O)NCCc2ccc(O)cc2)cc1. The molecule has 0 bridgehead atoms. The van der Waals surface area contributed by atoms with Crippen molar-refractivity contribution in [3.63, 3.8) is 0 Å². The molecule has 150 valence electrons. The minimum atomic E-state index is -3.88.